The number of carbonyl (C=O) groups is 1. The standard InChI is InChI=1S/C15H19NO2/c1-3-14(13-9-10-13)16(2)15(17)18-11-12-7-5-4-6-8-12/h3-8,13-14H,1,9-11H2,2H3. The van der Waals surface area contributed by atoms with Crippen LogP contribution in [0, 0.1) is 5.92 Å². The molecule has 1 saturated carbocycles. The van der Waals surface area contributed by atoms with Crippen molar-refractivity contribution in [2.45, 2.75) is 25.5 Å². The third-order valence-electron chi connectivity index (χ3n) is 3.29. The lowest BCUT2D eigenvalue weighted by molar-refractivity contribution is 0.0943. The zero-order valence-corrected chi connectivity index (χ0v) is 10.7. The normalized spacial score (nSPS) is 15.8. The molecule has 0 spiro atoms. The first-order valence-corrected chi connectivity index (χ1v) is 6.28. The van der Waals surface area contributed by atoms with E-state index < -0.39 is 0 Å². The fourth-order valence-corrected chi connectivity index (χ4v) is 2.05. The molecule has 0 saturated heterocycles. The van der Waals surface area contributed by atoms with Gasteiger partial charge in [-0.2, -0.15) is 0 Å². The maximum atomic E-state index is 11.9. The minimum Gasteiger partial charge on any atom is -0.445 e. The number of ether oxygens (including phenoxy) is 1. The van der Waals surface area contributed by atoms with E-state index in [2.05, 4.69) is 6.58 Å². The van der Waals surface area contributed by atoms with Crippen LogP contribution in [-0.2, 0) is 11.3 Å². The number of hydrogen-bond acceptors (Lipinski definition) is 2. The van der Waals surface area contributed by atoms with Crippen molar-refractivity contribution in [2.24, 2.45) is 5.92 Å². The molecule has 0 heterocycles. The van der Waals surface area contributed by atoms with E-state index in [1.165, 1.54) is 12.8 Å². The van der Waals surface area contributed by atoms with Gasteiger partial charge in [0.25, 0.3) is 0 Å². The molecule has 96 valence electrons. The molecule has 1 aliphatic rings. The van der Waals surface area contributed by atoms with Crippen LogP contribution in [0.5, 0.6) is 0 Å². The summed E-state index contributed by atoms with van der Waals surface area (Å²) >= 11 is 0. The second-order valence-electron chi connectivity index (χ2n) is 4.71. The summed E-state index contributed by atoms with van der Waals surface area (Å²) in [5.74, 6) is 0.566. The highest BCUT2D eigenvalue weighted by molar-refractivity contribution is 5.68. The van der Waals surface area contributed by atoms with E-state index in [4.69, 9.17) is 4.74 Å². The van der Waals surface area contributed by atoms with Gasteiger partial charge in [0.1, 0.15) is 6.61 Å². The maximum absolute atomic E-state index is 11.9. The topological polar surface area (TPSA) is 29.5 Å². The smallest absolute Gasteiger partial charge is 0.410 e. The molecule has 0 radical (unpaired) electrons. The quantitative estimate of drug-likeness (QED) is 0.745. The van der Waals surface area contributed by atoms with Crippen molar-refractivity contribution in [3.8, 4) is 0 Å². The Morgan fingerprint density at radius 2 is 2.17 bits per heavy atom. The van der Waals surface area contributed by atoms with Gasteiger partial charge in [-0.05, 0) is 24.3 Å². The van der Waals surface area contributed by atoms with E-state index in [1.54, 1.807) is 11.9 Å². The third-order valence-corrected chi connectivity index (χ3v) is 3.29. The van der Waals surface area contributed by atoms with Crippen LogP contribution >= 0.6 is 0 Å². The molecular weight excluding hydrogens is 226 g/mol. The van der Waals surface area contributed by atoms with E-state index in [0.29, 0.717) is 12.5 Å². The molecule has 1 aromatic rings. The van der Waals surface area contributed by atoms with Gasteiger partial charge in [-0.3, -0.25) is 0 Å². The van der Waals surface area contributed by atoms with Crippen LogP contribution in [0.1, 0.15) is 18.4 Å². The van der Waals surface area contributed by atoms with E-state index in [1.807, 2.05) is 36.4 Å². The minimum atomic E-state index is -0.282. The summed E-state index contributed by atoms with van der Waals surface area (Å²) in [6, 6.07) is 9.80. The molecule has 0 N–H and O–H groups in total. The third kappa shape index (κ3) is 3.13. The molecule has 3 nitrogen and oxygen atoms in total. The molecule has 1 amide bonds. The Balaban J connectivity index is 1.85. The summed E-state index contributed by atoms with van der Waals surface area (Å²) in [6.07, 6.45) is 3.90. The van der Waals surface area contributed by atoms with E-state index in [0.717, 1.165) is 5.56 Å². The van der Waals surface area contributed by atoms with Gasteiger partial charge in [0.2, 0.25) is 0 Å². The number of benzene rings is 1. The average Bonchev–Trinajstić information content (AvgIpc) is 3.22. The lowest BCUT2D eigenvalue weighted by Crippen LogP contribution is -2.37. The second-order valence-corrected chi connectivity index (χ2v) is 4.71. The molecule has 1 fully saturated rings. The van der Waals surface area contributed by atoms with Crippen LogP contribution in [0.4, 0.5) is 4.79 Å². The Bertz CT molecular complexity index is 412. The van der Waals surface area contributed by atoms with Gasteiger partial charge in [0, 0.05) is 7.05 Å². The van der Waals surface area contributed by atoms with Gasteiger partial charge < -0.3 is 9.64 Å². The highest BCUT2D eigenvalue weighted by atomic mass is 16.6. The van der Waals surface area contributed by atoms with Crippen LogP contribution < -0.4 is 0 Å². The first-order chi connectivity index (χ1) is 8.72. The molecule has 1 aromatic carbocycles. The summed E-state index contributed by atoms with van der Waals surface area (Å²) in [4.78, 5) is 13.6. The summed E-state index contributed by atoms with van der Waals surface area (Å²) in [6.45, 7) is 4.11. The van der Waals surface area contributed by atoms with Crippen molar-refractivity contribution in [2.75, 3.05) is 7.05 Å². The largest absolute Gasteiger partial charge is 0.445 e. The molecule has 0 aromatic heterocycles. The van der Waals surface area contributed by atoms with Crippen molar-refractivity contribution in [1.82, 2.24) is 4.90 Å². The summed E-state index contributed by atoms with van der Waals surface area (Å²) in [5.41, 5.74) is 1.00. The van der Waals surface area contributed by atoms with Gasteiger partial charge >= 0.3 is 6.09 Å². The zero-order valence-electron chi connectivity index (χ0n) is 10.7. The summed E-state index contributed by atoms with van der Waals surface area (Å²) in [5, 5.41) is 0. The van der Waals surface area contributed by atoms with Crippen LogP contribution in [0.2, 0.25) is 0 Å². The predicted octanol–water partition coefficient (Wildman–Crippen LogP) is 3.22. The molecule has 0 aliphatic heterocycles. The van der Waals surface area contributed by atoms with Gasteiger partial charge in [0.05, 0.1) is 6.04 Å². The highest BCUT2D eigenvalue weighted by Gasteiger charge is 2.34. The minimum absolute atomic E-state index is 0.105. The van der Waals surface area contributed by atoms with Crippen LogP contribution in [0.25, 0.3) is 0 Å². The number of hydrogen-bond donors (Lipinski definition) is 0. The molecule has 18 heavy (non-hydrogen) atoms. The van der Waals surface area contributed by atoms with Gasteiger partial charge in [-0.25, -0.2) is 4.79 Å². The Morgan fingerprint density at radius 3 is 2.72 bits per heavy atom. The Labute approximate surface area is 108 Å². The molecule has 1 unspecified atom stereocenters. The second kappa shape index (κ2) is 5.71. The number of rotatable bonds is 5. The fourth-order valence-electron chi connectivity index (χ4n) is 2.05. The molecule has 1 atom stereocenters. The molecule has 2 rings (SSSR count). The summed E-state index contributed by atoms with van der Waals surface area (Å²) < 4.78 is 5.29. The van der Waals surface area contributed by atoms with Crippen molar-refractivity contribution in [3.63, 3.8) is 0 Å². The van der Waals surface area contributed by atoms with E-state index >= 15 is 0 Å². The SMILES string of the molecule is C=CC(C1CC1)N(C)C(=O)OCc1ccccc1. The molecule has 1 aliphatic carbocycles. The van der Waals surface area contributed by atoms with Gasteiger partial charge in [-0.15, -0.1) is 6.58 Å². The van der Waals surface area contributed by atoms with Gasteiger partial charge in [-0.1, -0.05) is 36.4 Å². The lowest BCUT2D eigenvalue weighted by Gasteiger charge is -2.24. The monoisotopic (exact) mass is 245 g/mol. The Morgan fingerprint density at radius 1 is 1.50 bits per heavy atom. The molecule has 0 bridgehead atoms. The summed E-state index contributed by atoms with van der Waals surface area (Å²) in [7, 11) is 1.78. The maximum Gasteiger partial charge on any atom is 0.410 e. The lowest BCUT2D eigenvalue weighted by atomic mass is 10.2. The van der Waals surface area contributed by atoms with Gasteiger partial charge in [0.15, 0.2) is 0 Å². The highest BCUT2D eigenvalue weighted by Crippen LogP contribution is 2.35. The van der Waals surface area contributed by atoms with Crippen molar-refractivity contribution in [1.29, 1.82) is 0 Å². The van der Waals surface area contributed by atoms with Crippen molar-refractivity contribution in [3.05, 3.63) is 48.6 Å². The zero-order chi connectivity index (χ0) is 13.0. The van der Waals surface area contributed by atoms with Crippen molar-refractivity contribution >= 4 is 6.09 Å². The number of carbonyl (C=O) groups excluding carboxylic acids is 1. The molecular formula is C15H19NO2. The van der Waals surface area contributed by atoms with Crippen LogP contribution in [0.3, 0.4) is 0 Å². The van der Waals surface area contributed by atoms with Crippen LogP contribution in [-0.4, -0.2) is 24.1 Å². The number of likely N-dealkylation sites (N-methyl/N-ethyl adjacent to an activating group) is 1. The average molecular weight is 245 g/mol. The number of nitrogens with zero attached hydrogens (tertiary/aromatic N) is 1. The Kier molecular flexibility index (Phi) is 4.03. The first-order valence-electron chi connectivity index (χ1n) is 6.28. The van der Waals surface area contributed by atoms with E-state index in [-0.39, 0.29) is 12.1 Å². The van der Waals surface area contributed by atoms with Crippen LogP contribution in [0.15, 0.2) is 43.0 Å². The first kappa shape index (κ1) is 12.7. The Hall–Kier alpha value is -1.77. The van der Waals surface area contributed by atoms with E-state index in [9.17, 15) is 4.79 Å². The predicted molar refractivity (Wildman–Crippen MR) is 71.1 cm³/mol. The number of amides is 1. The van der Waals surface area contributed by atoms with Crippen molar-refractivity contribution < 1.29 is 9.53 Å². The fraction of sp³-hybridized carbons (Fsp3) is 0.400. The molecule has 3 heteroatoms.